The van der Waals surface area contributed by atoms with Crippen LogP contribution < -0.4 is 4.90 Å². The Kier molecular flexibility index (Phi) is 5.32. The average molecular weight is 508 g/mol. The Morgan fingerprint density at radius 2 is 1.81 bits per heavy atom. The third-order valence-electron chi connectivity index (χ3n) is 8.08. The molecule has 2 saturated heterocycles. The summed E-state index contributed by atoms with van der Waals surface area (Å²) in [7, 11) is 0. The quantitative estimate of drug-likeness (QED) is 0.590. The van der Waals surface area contributed by atoms with Crippen molar-refractivity contribution >= 4 is 34.3 Å². The molecule has 6 rings (SSSR count). The van der Waals surface area contributed by atoms with Crippen LogP contribution in [0.15, 0.2) is 42.6 Å². The zero-order valence-electron chi connectivity index (χ0n) is 20.5. The fourth-order valence-electron chi connectivity index (χ4n) is 6.13. The minimum atomic E-state index is -2.89. The molecule has 8 nitrogen and oxygen atoms in total. The number of fused-ring (bicyclic) bond motifs is 3. The van der Waals surface area contributed by atoms with Crippen molar-refractivity contribution in [1.29, 1.82) is 0 Å². The van der Waals surface area contributed by atoms with Gasteiger partial charge in [-0.15, -0.1) is 0 Å². The van der Waals surface area contributed by atoms with Crippen LogP contribution in [0, 0.1) is 6.92 Å². The van der Waals surface area contributed by atoms with E-state index in [1.54, 1.807) is 23.2 Å². The summed E-state index contributed by atoms with van der Waals surface area (Å²) >= 11 is 0. The van der Waals surface area contributed by atoms with E-state index < -0.39 is 23.8 Å². The summed E-state index contributed by atoms with van der Waals surface area (Å²) in [6.45, 7) is 1.84. The number of nitrogens with zero attached hydrogens (tertiary/aromatic N) is 4. The van der Waals surface area contributed by atoms with E-state index in [2.05, 4.69) is 10.2 Å². The predicted octanol–water partition coefficient (Wildman–Crippen LogP) is 3.26. The first kappa shape index (κ1) is 23.6. The predicted molar refractivity (Wildman–Crippen MR) is 133 cm³/mol. The van der Waals surface area contributed by atoms with Gasteiger partial charge in [0.25, 0.3) is 11.8 Å². The van der Waals surface area contributed by atoms with Gasteiger partial charge >= 0.3 is 0 Å². The van der Waals surface area contributed by atoms with Gasteiger partial charge in [-0.2, -0.15) is 5.10 Å². The van der Waals surface area contributed by atoms with Crippen LogP contribution in [-0.4, -0.2) is 76.4 Å². The maximum atomic E-state index is 13.9. The summed E-state index contributed by atoms with van der Waals surface area (Å²) in [6, 6.07) is 11.0. The molecule has 0 aliphatic carbocycles. The Hall–Kier alpha value is -3.82. The second-order valence-electron chi connectivity index (χ2n) is 10.3. The maximum absolute atomic E-state index is 13.9. The highest BCUT2D eigenvalue weighted by Crippen LogP contribution is 2.49. The number of piperidine rings is 1. The molecule has 0 atom stereocenters. The first-order valence-corrected chi connectivity index (χ1v) is 12.5. The van der Waals surface area contributed by atoms with Gasteiger partial charge in [-0.3, -0.25) is 19.5 Å². The van der Waals surface area contributed by atoms with Gasteiger partial charge < -0.3 is 14.7 Å². The van der Waals surface area contributed by atoms with Gasteiger partial charge in [0.05, 0.1) is 23.7 Å². The fourth-order valence-corrected chi connectivity index (χ4v) is 6.13. The summed E-state index contributed by atoms with van der Waals surface area (Å²) < 4.78 is 27.4. The van der Waals surface area contributed by atoms with E-state index in [0.29, 0.717) is 37.2 Å². The maximum Gasteiger partial charge on any atom is 0.267 e. The first-order valence-electron chi connectivity index (χ1n) is 12.5. The average Bonchev–Trinajstić information content (AvgIpc) is 3.56. The monoisotopic (exact) mass is 507 g/mol. The van der Waals surface area contributed by atoms with E-state index in [1.807, 2.05) is 31.2 Å². The van der Waals surface area contributed by atoms with Crippen LogP contribution in [0.1, 0.15) is 40.7 Å². The minimum Gasteiger partial charge on any atom is -0.339 e. The van der Waals surface area contributed by atoms with Crippen LogP contribution in [0.5, 0.6) is 0 Å². The number of rotatable bonds is 3. The summed E-state index contributed by atoms with van der Waals surface area (Å²) in [5.74, 6) is -3.65. The number of nitrogens with one attached hydrogen (secondary N) is 1. The van der Waals surface area contributed by atoms with Crippen LogP contribution >= 0.6 is 0 Å². The highest BCUT2D eigenvalue weighted by Gasteiger charge is 2.54. The van der Waals surface area contributed by atoms with Crippen molar-refractivity contribution in [3.8, 4) is 0 Å². The van der Waals surface area contributed by atoms with Crippen LogP contribution in [0.3, 0.4) is 0 Å². The Balaban J connectivity index is 1.23. The number of carbonyl (C=O) groups excluding carboxylic acids is 3. The number of aryl methyl sites for hydroxylation is 1. The minimum absolute atomic E-state index is 0.0125. The van der Waals surface area contributed by atoms with Gasteiger partial charge in [0.15, 0.2) is 0 Å². The Morgan fingerprint density at radius 3 is 2.54 bits per heavy atom. The van der Waals surface area contributed by atoms with Crippen LogP contribution in [0.2, 0.25) is 0 Å². The number of H-pyrrole nitrogens is 1. The van der Waals surface area contributed by atoms with E-state index in [0.717, 1.165) is 26.9 Å². The molecule has 1 spiro atoms. The number of aromatic amines is 1. The van der Waals surface area contributed by atoms with Gasteiger partial charge in [0.2, 0.25) is 11.8 Å². The molecule has 0 bridgehead atoms. The normalized spacial score (nSPS) is 20.2. The van der Waals surface area contributed by atoms with Crippen LogP contribution in [0.4, 0.5) is 14.5 Å². The Bertz CT molecular complexity index is 1430. The summed E-state index contributed by atoms with van der Waals surface area (Å²) in [6.07, 6.45) is 2.17. The lowest BCUT2D eigenvalue weighted by atomic mass is 9.72. The number of aromatic nitrogens is 2. The van der Waals surface area contributed by atoms with Crippen molar-refractivity contribution in [3.05, 3.63) is 59.3 Å². The summed E-state index contributed by atoms with van der Waals surface area (Å²) in [5, 5.41) is 7.73. The van der Waals surface area contributed by atoms with E-state index in [1.165, 1.54) is 4.90 Å². The number of alkyl halides is 2. The van der Waals surface area contributed by atoms with Crippen molar-refractivity contribution in [2.45, 2.75) is 37.5 Å². The second-order valence-corrected chi connectivity index (χ2v) is 10.3. The van der Waals surface area contributed by atoms with E-state index in [-0.39, 0.29) is 31.3 Å². The summed E-state index contributed by atoms with van der Waals surface area (Å²) in [4.78, 5) is 44.5. The highest BCUT2D eigenvalue weighted by atomic mass is 19.3. The molecule has 3 aliphatic heterocycles. The molecule has 192 valence electrons. The molecule has 0 saturated carbocycles. The Labute approximate surface area is 212 Å². The van der Waals surface area contributed by atoms with Crippen molar-refractivity contribution in [1.82, 2.24) is 20.0 Å². The van der Waals surface area contributed by atoms with Crippen molar-refractivity contribution in [2.75, 3.05) is 37.6 Å². The number of hydrogen-bond donors (Lipinski definition) is 1. The largest absolute Gasteiger partial charge is 0.339 e. The topological polar surface area (TPSA) is 89.6 Å². The van der Waals surface area contributed by atoms with Crippen molar-refractivity contribution in [2.24, 2.45) is 0 Å². The molecule has 3 aliphatic rings. The standard InChI is InChI=1S/C27H27F2N5O3/c1-17-3-2-4-21-23(17)26(25(37)34(21)15-22(35)33-12-9-27(28,29)16-33)7-10-32(11-8-26)24(36)18-5-6-20-19(13-18)14-30-31-20/h2-6,13-14H,7-12,15-16H2,1H3,(H,30,31). The molecule has 2 aromatic carbocycles. The zero-order chi connectivity index (χ0) is 25.9. The molecular formula is C27H27F2N5O3. The lowest BCUT2D eigenvalue weighted by Crippen LogP contribution is -2.51. The van der Waals surface area contributed by atoms with Gasteiger partial charge in [0, 0.05) is 42.7 Å². The molecule has 0 unspecified atom stereocenters. The number of likely N-dealkylation sites (tertiary alicyclic amines) is 2. The number of benzene rings is 2. The smallest absolute Gasteiger partial charge is 0.267 e. The highest BCUT2D eigenvalue weighted by molar-refractivity contribution is 6.11. The lowest BCUT2D eigenvalue weighted by Gasteiger charge is -2.39. The molecule has 4 heterocycles. The van der Waals surface area contributed by atoms with Gasteiger partial charge in [-0.25, -0.2) is 8.78 Å². The van der Waals surface area contributed by atoms with Crippen molar-refractivity contribution < 1.29 is 23.2 Å². The molecule has 2 fully saturated rings. The molecule has 1 N–H and O–H groups in total. The molecule has 10 heteroatoms. The molecule has 37 heavy (non-hydrogen) atoms. The van der Waals surface area contributed by atoms with E-state index in [4.69, 9.17) is 0 Å². The van der Waals surface area contributed by atoms with Gasteiger partial charge in [0.1, 0.15) is 6.54 Å². The van der Waals surface area contributed by atoms with E-state index >= 15 is 0 Å². The fraction of sp³-hybridized carbons (Fsp3) is 0.407. The SMILES string of the molecule is Cc1cccc2c1C1(CCN(C(=O)c3ccc4[nH]ncc4c3)CC1)C(=O)N2CC(=O)N1CCC(F)(F)C1. The van der Waals surface area contributed by atoms with Gasteiger partial charge in [-0.05, 0) is 55.2 Å². The number of amides is 3. The molecule has 0 radical (unpaired) electrons. The van der Waals surface area contributed by atoms with Crippen LogP contribution in [0.25, 0.3) is 10.9 Å². The molecular weight excluding hydrogens is 480 g/mol. The number of anilines is 1. The third kappa shape index (κ3) is 3.77. The van der Waals surface area contributed by atoms with Crippen LogP contribution in [-0.2, 0) is 15.0 Å². The Morgan fingerprint density at radius 1 is 1.05 bits per heavy atom. The third-order valence-corrected chi connectivity index (χ3v) is 8.08. The first-order chi connectivity index (χ1) is 17.7. The van der Waals surface area contributed by atoms with E-state index in [9.17, 15) is 23.2 Å². The summed E-state index contributed by atoms with van der Waals surface area (Å²) in [5.41, 5.74) is 3.06. The molecule has 1 aromatic heterocycles. The second kappa shape index (κ2) is 8.36. The zero-order valence-corrected chi connectivity index (χ0v) is 20.5. The number of halogens is 2. The molecule has 3 amide bonds. The number of hydrogen-bond acceptors (Lipinski definition) is 4. The van der Waals surface area contributed by atoms with Gasteiger partial charge in [-0.1, -0.05) is 12.1 Å². The van der Waals surface area contributed by atoms with Crippen molar-refractivity contribution in [3.63, 3.8) is 0 Å². The lowest BCUT2D eigenvalue weighted by molar-refractivity contribution is -0.132. The number of carbonyl (C=O) groups is 3. The molecule has 3 aromatic rings.